The van der Waals surface area contributed by atoms with Crippen molar-refractivity contribution in [1.29, 1.82) is 0 Å². The normalized spacial score (nSPS) is 26.9. The Morgan fingerprint density at radius 3 is 2.59 bits per heavy atom. The van der Waals surface area contributed by atoms with Crippen molar-refractivity contribution in [3.8, 4) is 0 Å². The van der Waals surface area contributed by atoms with Crippen molar-refractivity contribution < 1.29 is 4.79 Å². The zero-order valence-electron chi connectivity index (χ0n) is 10.6. The zero-order chi connectivity index (χ0) is 12.4. The first-order valence-corrected chi connectivity index (χ1v) is 6.13. The molecule has 94 valence electrons. The number of nitrogens with one attached hydrogen (secondary N) is 1. The van der Waals surface area contributed by atoms with Crippen LogP contribution in [-0.4, -0.2) is 45.8 Å². The molecule has 0 bridgehead atoms. The first-order chi connectivity index (χ1) is 8.11. The minimum Gasteiger partial charge on any atom is -0.333 e. The molecule has 0 aliphatic carbocycles. The molecule has 0 spiro atoms. The second-order valence-electron chi connectivity index (χ2n) is 4.76. The summed E-state index contributed by atoms with van der Waals surface area (Å²) in [5.41, 5.74) is 0. The van der Waals surface area contributed by atoms with Crippen molar-refractivity contribution in [3.63, 3.8) is 0 Å². The fourth-order valence-corrected chi connectivity index (χ4v) is 2.41. The number of rotatable bonds is 2. The molecule has 17 heavy (non-hydrogen) atoms. The van der Waals surface area contributed by atoms with Crippen LogP contribution in [0.1, 0.15) is 26.8 Å². The van der Waals surface area contributed by atoms with Crippen molar-refractivity contribution >= 4 is 5.91 Å². The number of aromatic nitrogens is 2. The summed E-state index contributed by atoms with van der Waals surface area (Å²) >= 11 is 0. The predicted molar refractivity (Wildman–Crippen MR) is 65.6 cm³/mol. The Morgan fingerprint density at radius 2 is 2.06 bits per heavy atom. The molecule has 3 unspecified atom stereocenters. The summed E-state index contributed by atoms with van der Waals surface area (Å²) in [7, 11) is 0. The van der Waals surface area contributed by atoms with E-state index in [0.29, 0.717) is 0 Å². The molecule has 3 atom stereocenters. The van der Waals surface area contributed by atoms with E-state index in [2.05, 4.69) is 24.3 Å². The van der Waals surface area contributed by atoms with Crippen molar-refractivity contribution in [1.82, 2.24) is 20.0 Å². The smallest absolute Gasteiger partial charge is 0.247 e. The van der Waals surface area contributed by atoms with Gasteiger partial charge in [-0.2, -0.15) is 5.10 Å². The Kier molecular flexibility index (Phi) is 3.47. The van der Waals surface area contributed by atoms with Gasteiger partial charge in [-0.3, -0.25) is 9.48 Å². The molecule has 1 aliphatic heterocycles. The zero-order valence-corrected chi connectivity index (χ0v) is 10.6. The largest absolute Gasteiger partial charge is 0.333 e. The van der Waals surface area contributed by atoms with Crippen LogP contribution >= 0.6 is 0 Å². The third-order valence-electron chi connectivity index (χ3n) is 3.36. The van der Waals surface area contributed by atoms with E-state index in [4.69, 9.17) is 0 Å². The summed E-state index contributed by atoms with van der Waals surface area (Å²) in [5, 5.41) is 7.46. The quantitative estimate of drug-likeness (QED) is 0.820. The molecule has 5 heteroatoms. The predicted octanol–water partition coefficient (Wildman–Crippen LogP) is 0.653. The molecule has 2 rings (SSSR count). The van der Waals surface area contributed by atoms with Gasteiger partial charge in [-0.15, -0.1) is 0 Å². The van der Waals surface area contributed by atoms with E-state index in [1.165, 1.54) is 0 Å². The van der Waals surface area contributed by atoms with Crippen LogP contribution in [0.4, 0.5) is 0 Å². The first kappa shape index (κ1) is 12.1. The van der Waals surface area contributed by atoms with Crippen LogP contribution in [0.5, 0.6) is 0 Å². The summed E-state index contributed by atoms with van der Waals surface area (Å²) in [6.45, 7) is 7.79. The fourth-order valence-electron chi connectivity index (χ4n) is 2.41. The number of amides is 1. The molecule has 1 saturated heterocycles. The minimum absolute atomic E-state index is 0.148. The Bertz CT molecular complexity index is 366. The highest BCUT2D eigenvalue weighted by atomic mass is 16.2. The molecule has 1 amide bonds. The van der Waals surface area contributed by atoms with E-state index >= 15 is 0 Å². The molecule has 1 aromatic heterocycles. The van der Waals surface area contributed by atoms with Gasteiger partial charge < -0.3 is 10.2 Å². The van der Waals surface area contributed by atoms with E-state index in [0.717, 1.165) is 13.1 Å². The summed E-state index contributed by atoms with van der Waals surface area (Å²) < 4.78 is 1.71. The molecule has 1 aromatic rings. The Balaban J connectivity index is 2.13. The highest BCUT2D eigenvalue weighted by molar-refractivity contribution is 5.80. The second kappa shape index (κ2) is 4.87. The lowest BCUT2D eigenvalue weighted by molar-refractivity contribution is -0.140. The SMILES string of the molecule is CC1CNCC(C)N1C(=O)C(C)n1cccn1. The van der Waals surface area contributed by atoms with Gasteiger partial charge in [0.05, 0.1) is 0 Å². The summed E-state index contributed by atoms with van der Waals surface area (Å²) in [6.07, 6.45) is 3.54. The van der Waals surface area contributed by atoms with Crippen LogP contribution in [0.25, 0.3) is 0 Å². The number of nitrogens with zero attached hydrogens (tertiary/aromatic N) is 3. The van der Waals surface area contributed by atoms with Crippen LogP contribution in [-0.2, 0) is 4.79 Å². The van der Waals surface area contributed by atoms with Crippen LogP contribution in [0.3, 0.4) is 0 Å². The molecule has 1 fully saturated rings. The summed E-state index contributed by atoms with van der Waals surface area (Å²) in [4.78, 5) is 14.4. The van der Waals surface area contributed by atoms with Crippen molar-refractivity contribution in [2.75, 3.05) is 13.1 Å². The van der Waals surface area contributed by atoms with Gasteiger partial charge in [0.25, 0.3) is 0 Å². The summed E-state index contributed by atoms with van der Waals surface area (Å²) in [5.74, 6) is 0.148. The van der Waals surface area contributed by atoms with E-state index in [-0.39, 0.29) is 24.0 Å². The number of hydrogen-bond acceptors (Lipinski definition) is 3. The molecule has 1 N–H and O–H groups in total. The third-order valence-corrected chi connectivity index (χ3v) is 3.36. The van der Waals surface area contributed by atoms with Gasteiger partial charge in [-0.25, -0.2) is 0 Å². The van der Waals surface area contributed by atoms with Crippen molar-refractivity contribution in [3.05, 3.63) is 18.5 Å². The standard InChI is InChI=1S/C12H20N4O/c1-9-7-13-8-10(2)16(9)12(17)11(3)15-6-4-5-14-15/h4-6,9-11,13H,7-8H2,1-3H3. The van der Waals surface area contributed by atoms with E-state index < -0.39 is 0 Å². The van der Waals surface area contributed by atoms with Crippen molar-refractivity contribution in [2.45, 2.75) is 38.9 Å². The Morgan fingerprint density at radius 1 is 1.41 bits per heavy atom. The topological polar surface area (TPSA) is 50.2 Å². The first-order valence-electron chi connectivity index (χ1n) is 6.13. The Labute approximate surface area is 102 Å². The van der Waals surface area contributed by atoms with Crippen LogP contribution in [0.15, 0.2) is 18.5 Å². The number of carbonyl (C=O) groups is 1. The lowest BCUT2D eigenvalue weighted by Gasteiger charge is -2.40. The molecule has 0 radical (unpaired) electrons. The van der Waals surface area contributed by atoms with Crippen molar-refractivity contribution in [2.24, 2.45) is 0 Å². The van der Waals surface area contributed by atoms with Gasteiger partial charge in [0.2, 0.25) is 5.91 Å². The number of carbonyl (C=O) groups excluding carboxylic acids is 1. The van der Waals surface area contributed by atoms with Crippen LogP contribution in [0, 0.1) is 0 Å². The minimum atomic E-state index is -0.229. The molecular formula is C12H20N4O. The molecule has 0 saturated carbocycles. The van der Waals surface area contributed by atoms with E-state index in [9.17, 15) is 4.79 Å². The molecular weight excluding hydrogens is 216 g/mol. The highest BCUT2D eigenvalue weighted by Crippen LogP contribution is 2.16. The molecule has 1 aliphatic rings. The van der Waals surface area contributed by atoms with Crippen LogP contribution < -0.4 is 5.32 Å². The highest BCUT2D eigenvalue weighted by Gasteiger charge is 2.32. The monoisotopic (exact) mass is 236 g/mol. The van der Waals surface area contributed by atoms with Gasteiger partial charge >= 0.3 is 0 Å². The van der Waals surface area contributed by atoms with E-state index in [1.54, 1.807) is 10.9 Å². The number of hydrogen-bond donors (Lipinski definition) is 1. The lowest BCUT2D eigenvalue weighted by Crippen LogP contribution is -2.58. The maximum atomic E-state index is 12.5. The number of piperazine rings is 1. The molecule has 0 aromatic carbocycles. The average molecular weight is 236 g/mol. The second-order valence-corrected chi connectivity index (χ2v) is 4.76. The van der Waals surface area contributed by atoms with E-state index in [1.807, 2.05) is 24.1 Å². The fraction of sp³-hybridized carbons (Fsp3) is 0.667. The van der Waals surface area contributed by atoms with Gasteiger partial charge in [-0.1, -0.05) is 0 Å². The van der Waals surface area contributed by atoms with Crippen LogP contribution in [0.2, 0.25) is 0 Å². The third kappa shape index (κ3) is 2.34. The van der Waals surface area contributed by atoms with Gasteiger partial charge in [0, 0.05) is 37.6 Å². The van der Waals surface area contributed by atoms with Gasteiger partial charge in [0.1, 0.15) is 6.04 Å². The average Bonchev–Trinajstić information content (AvgIpc) is 2.81. The molecule has 2 heterocycles. The maximum Gasteiger partial charge on any atom is 0.247 e. The maximum absolute atomic E-state index is 12.5. The molecule has 5 nitrogen and oxygen atoms in total. The lowest BCUT2D eigenvalue weighted by atomic mass is 10.1. The Hall–Kier alpha value is -1.36. The summed E-state index contributed by atoms with van der Waals surface area (Å²) in [6, 6.07) is 2.09. The van der Waals surface area contributed by atoms with Gasteiger partial charge in [-0.05, 0) is 26.8 Å². The van der Waals surface area contributed by atoms with Gasteiger partial charge in [0.15, 0.2) is 0 Å².